The van der Waals surface area contributed by atoms with Gasteiger partial charge >= 0.3 is 5.69 Å². The van der Waals surface area contributed by atoms with Crippen LogP contribution < -0.4 is 16.4 Å². The normalized spacial score (nSPS) is 17.6. The third-order valence-corrected chi connectivity index (χ3v) is 8.22. The first-order chi connectivity index (χ1) is 16.4. The molecule has 0 saturated heterocycles. The summed E-state index contributed by atoms with van der Waals surface area (Å²) in [6, 6.07) is 9.50. The van der Waals surface area contributed by atoms with Gasteiger partial charge in [-0.15, -0.1) is 0 Å². The molecule has 3 heterocycles. The Balaban J connectivity index is 1.50. The van der Waals surface area contributed by atoms with Gasteiger partial charge in [-0.1, -0.05) is 18.2 Å². The number of fused-ring (bicyclic) bond motifs is 1. The van der Waals surface area contributed by atoms with E-state index >= 15 is 0 Å². The number of sulfone groups is 1. The molecule has 0 radical (unpaired) electrons. The van der Waals surface area contributed by atoms with Crippen LogP contribution in [0.5, 0.6) is 5.88 Å². The number of aromatic amines is 2. The molecular weight excluding hydrogens is 456 g/mol. The lowest BCUT2D eigenvalue weighted by molar-refractivity contribution is 0.454. The smallest absolute Gasteiger partial charge is 0.326 e. The molecule has 3 N–H and O–H groups in total. The minimum absolute atomic E-state index is 0.0128. The quantitative estimate of drug-likeness (QED) is 0.374. The van der Waals surface area contributed by atoms with Crippen LogP contribution in [0.1, 0.15) is 36.9 Å². The minimum atomic E-state index is -3.14. The molecule has 6 rings (SSSR count). The molecule has 2 aliphatic carbocycles. The van der Waals surface area contributed by atoms with Crippen LogP contribution >= 0.6 is 0 Å². The lowest BCUT2D eigenvalue weighted by atomic mass is 10.1. The summed E-state index contributed by atoms with van der Waals surface area (Å²) in [5.74, 6) is -0.258. The number of H-pyrrole nitrogens is 2. The van der Waals surface area contributed by atoms with Gasteiger partial charge in [0.1, 0.15) is 5.69 Å². The second kappa shape index (κ2) is 7.66. The second-order valence-corrected chi connectivity index (χ2v) is 11.2. The fourth-order valence-electron chi connectivity index (χ4n) is 3.94. The number of hydrogen-bond donors (Lipinski definition) is 3. The highest BCUT2D eigenvalue weighted by Crippen LogP contribution is 2.31. The van der Waals surface area contributed by atoms with Crippen molar-refractivity contribution in [2.45, 2.75) is 42.7 Å². The molecule has 174 valence electrons. The standard InChI is InChI=1S/C23H22N6O4S/c30-22-19(27-23(31)28-22)9-15-11-24-29-20(25-16-4-5-16)10-18(26-21(15)29)14-3-1-2-13(8-14)12-34(32,33)17-6-7-17/h1-3,8-11,16-17,30H,4-7,12H2,(H2,27,28,31)/b15-9-,25-20?. The first-order valence-electron chi connectivity index (χ1n) is 11.1. The number of rotatable bonds is 6. The van der Waals surface area contributed by atoms with Gasteiger partial charge in [0.25, 0.3) is 0 Å². The Hall–Kier alpha value is -3.73. The van der Waals surface area contributed by atoms with E-state index in [1.54, 1.807) is 16.8 Å². The predicted molar refractivity (Wildman–Crippen MR) is 125 cm³/mol. The molecule has 2 aliphatic rings. The summed E-state index contributed by atoms with van der Waals surface area (Å²) < 4.78 is 26.6. The Labute approximate surface area is 193 Å². The lowest BCUT2D eigenvalue weighted by Crippen LogP contribution is -2.19. The third-order valence-electron chi connectivity index (χ3n) is 6.00. The van der Waals surface area contributed by atoms with Crippen molar-refractivity contribution in [3.8, 4) is 17.1 Å². The van der Waals surface area contributed by atoms with E-state index in [4.69, 9.17) is 9.98 Å². The molecule has 34 heavy (non-hydrogen) atoms. The minimum Gasteiger partial charge on any atom is -0.493 e. The van der Waals surface area contributed by atoms with Gasteiger partial charge in [-0.2, -0.15) is 9.61 Å². The summed E-state index contributed by atoms with van der Waals surface area (Å²) in [6.07, 6.45) is 6.72. The van der Waals surface area contributed by atoms with Crippen molar-refractivity contribution in [2.24, 2.45) is 4.99 Å². The number of nitrogens with zero attached hydrogens (tertiary/aromatic N) is 4. The molecule has 2 fully saturated rings. The van der Waals surface area contributed by atoms with Gasteiger partial charge in [-0.05, 0) is 43.4 Å². The molecule has 0 aliphatic heterocycles. The number of aromatic hydroxyl groups is 1. The Bertz CT molecular complexity index is 1710. The summed E-state index contributed by atoms with van der Waals surface area (Å²) in [4.78, 5) is 25.9. The number of aromatic nitrogens is 5. The molecular formula is C23H22N6O4S. The fourth-order valence-corrected chi connectivity index (χ4v) is 5.68. The SMILES string of the molecule is O=c1[nH]c(O)c(/C=c2/cnn3c(=NC4CC4)cc(-c4cccc(CS(=O)(=O)C5CC5)c4)nc23)[nH]1. The molecule has 2 saturated carbocycles. The van der Waals surface area contributed by atoms with Crippen molar-refractivity contribution in [1.82, 2.24) is 24.6 Å². The van der Waals surface area contributed by atoms with E-state index < -0.39 is 15.5 Å². The molecule has 0 spiro atoms. The molecule has 0 atom stereocenters. The highest BCUT2D eigenvalue weighted by molar-refractivity contribution is 7.91. The topological polar surface area (TPSA) is 146 Å². The van der Waals surface area contributed by atoms with Gasteiger partial charge in [-0.3, -0.25) is 9.98 Å². The summed E-state index contributed by atoms with van der Waals surface area (Å²) in [5.41, 5.74) is 3.00. The molecule has 11 heteroatoms. The molecule has 0 unspecified atom stereocenters. The maximum atomic E-state index is 12.5. The van der Waals surface area contributed by atoms with E-state index in [0.717, 1.165) is 36.8 Å². The Morgan fingerprint density at radius 3 is 2.71 bits per heavy atom. The Morgan fingerprint density at radius 2 is 2.00 bits per heavy atom. The van der Waals surface area contributed by atoms with Crippen molar-refractivity contribution in [2.75, 3.05) is 0 Å². The number of benzene rings is 1. The van der Waals surface area contributed by atoms with Crippen molar-refractivity contribution >= 4 is 21.6 Å². The maximum absolute atomic E-state index is 12.5. The molecule has 4 aromatic rings. The Kier molecular flexibility index (Phi) is 4.70. The van der Waals surface area contributed by atoms with Crippen LogP contribution in [0, 0.1) is 0 Å². The van der Waals surface area contributed by atoms with E-state index in [1.165, 1.54) is 0 Å². The predicted octanol–water partition coefficient (Wildman–Crippen LogP) is 0.806. The zero-order valence-corrected chi connectivity index (χ0v) is 18.9. The van der Waals surface area contributed by atoms with Gasteiger partial charge in [0, 0.05) is 16.8 Å². The average Bonchev–Trinajstić information content (AvgIpc) is 3.72. The average molecular weight is 479 g/mol. The van der Waals surface area contributed by atoms with Crippen LogP contribution in [0.15, 0.2) is 46.3 Å². The summed E-state index contributed by atoms with van der Waals surface area (Å²) >= 11 is 0. The largest absolute Gasteiger partial charge is 0.493 e. The number of hydrogen-bond acceptors (Lipinski definition) is 7. The molecule has 1 aromatic carbocycles. The monoisotopic (exact) mass is 478 g/mol. The van der Waals surface area contributed by atoms with Crippen LogP contribution in [-0.2, 0) is 15.6 Å². The highest BCUT2D eigenvalue weighted by atomic mass is 32.2. The van der Waals surface area contributed by atoms with Crippen LogP contribution in [-0.4, -0.2) is 49.4 Å². The first kappa shape index (κ1) is 20.8. The van der Waals surface area contributed by atoms with E-state index in [9.17, 15) is 18.3 Å². The van der Waals surface area contributed by atoms with Crippen LogP contribution in [0.3, 0.4) is 0 Å². The van der Waals surface area contributed by atoms with Gasteiger partial charge in [0.05, 0.1) is 28.9 Å². The van der Waals surface area contributed by atoms with Gasteiger partial charge in [0.2, 0.25) is 5.88 Å². The van der Waals surface area contributed by atoms with E-state index in [0.29, 0.717) is 22.0 Å². The van der Waals surface area contributed by atoms with Crippen LogP contribution in [0.25, 0.3) is 23.0 Å². The summed E-state index contributed by atoms with van der Waals surface area (Å²) in [5, 5.41) is 14.8. The molecule has 0 bridgehead atoms. The highest BCUT2D eigenvalue weighted by Gasteiger charge is 2.35. The number of imidazole rings is 1. The fraction of sp³-hybridized carbons (Fsp3) is 0.304. The van der Waals surface area contributed by atoms with Crippen molar-refractivity contribution in [3.63, 3.8) is 0 Å². The van der Waals surface area contributed by atoms with E-state index in [1.807, 2.05) is 30.3 Å². The molecule has 3 aromatic heterocycles. The van der Waals surface area contributed by atoms with Gasteiger partial charge in [-0.25, -0.2) is 18.2 Å². The summed E-state index contributed by atoms with van der Waals surface area (Å²) in [7, 11) is -3.14. The van der Waals surface area contributed by atoms with E-state index in [2.05, 4.69) is 15.1 Å². The summed E-state index contributed by atoms with van der Waals surface area (Å²) in [6.45, 7) is 0. The zero-order chi connectivity index (χ0) is 23.4. The second-order valence-electron chi connectivity index (χ2n) is 8.89. The molecule has 10 nitrogen and oxygen atoms in total. The van der Waals surface area contributed by atoms with Crippen molar-refractivity contribution in [1.29, 1.82) is 0 Å². The third kappa shape index (κ3) is 4.03. The van der Waals surface area contributed by atoms with E-state index in [-0.39, 0.29) is 28.6 Å². The first-order valence-corrected chi connectivity index (χ1v) is 12.8. The lowest BCUT2D eigenvalue weighted by Gasteiger charge is -2.07. The van der Waals surface area contributed by atoms with Crippen molar-refractivity contribution in [3.05, 3.63) is 69.0 Å². The zero-order valence-electron chi connectivity index (χ0n) is 18.1. The van der Waals surface area contributed by atoms with Crippen molar-refractivity contribution < 1.29 is 13.5 Å². The van der Waals surface area contributed by atoms with Gasteiger partial charge < -0.3 is 10.1 Å². The number of nitrogens with one attached hydrogen (secondary N) is 2. The maximum Gasteiger partial charge on any atom is 0.326 e. The van der Waals surface area contributed by atoms with Gasteiger partial charge in [0.15, 0.2) is 21.0 Å². The van der Waals surface area contributed by atoms with Crippen LogP contribution in [0.2, 0.25) is 0 Å². The van der Waals surface area contributed by atoms with Crippen LogP contribution in [0.4, 0.5) is 0 Å². The Morgan fingerprint density at radius 1 is 1.18 bits per heavy atom. The molecule has 0 amide bonds.